The Morgan fingerprint density at radius 1 is 1.18 bits per heavy atom. The monoisotopic (exact) mass is 295 g/mol. The number of benzene rings is 2. The molecule has 0 amide bonds. The maximum Gasteiger partial charge on any atom is 0.270 e. The summed E-state index contributed by atoms with van der Waals surface area (Å²) in [6.45, 7) is 0. The fourth-order valence-corrected chi connectivity index (χ4v) is 2.21. The molecule has 0 bridgehead atoms. The Labute approximate surface area is 126 Å². The van der Waals surface area contributed by atoms with Crippen LogP contribution in [0, 0.1) is 10.1 Å². The molecule has 0 unspecified atom stereocenters. The number of methoxy groups -OCH3 is 1. The minimum Gasteiger partial charge on any atom is -0.497 e. The molecule has 3 rings (SSSR count). The zero-order valence-electron chi connectivity index (χ0n) is 11.8. The van der Waals surface area contributed by atoms with E-state index in [-0.39, 0.29) is 5.69 Å². The number of nitrogens with one attached hydrogen (secondary N) is 1. The van der Waals surface area contributed by atoms with E-state index in [1.54, 1.807) is 25.4 Å². The first-order valence-corrected chi connectivity index (χ1v) is 6.61. The zero-order chi connectivity index (χ0) is 15.5. The van der Waals surface area contributed by atoms with E-state index in [0.29, 0.717) is 10.9 Å². The number of nitro groups is 1. The molecule has 0 aliphatic heterocycles. The summed E-state index contributed by atoms with van der Waals surface area (Å²) in [6.07, 6.45) is 1.66. The molecule has 0 aliphatic rings. The zero-order valence-corrected chi connectivity index (χ0v) is 11.8. The molecule has 22 heavy (non-hydrogen) atoms. The van der Waals surface area contributed by atoms with Gasteiger partial charge in [0.2, 0.25) is 0 Å². The number of aromatic nitrogens is 1. The molecule has 0 saturated carbocycles. The van der Waals surface area contributed by atoms with E-state index in [1.165, 1.54) is 12.1 Å². The maximum atomic E-state index is 10.9. The van der Waals surface area contributed by atoms with Gasteiger partial charge in [0.25, 0.3) is 5.69 Å². The van der Waals surface area contributed by atoms with Crippen molar-refractivity contribution < 1.29 is 9.66 Å². The first-order valence-electron chi connectivity index (χ1n) is 6.61. The van der Waals surface area contributed by atoms with Crippen LogP contribution in [0.3, 0.4) is 0 Å². The third-order valence-electron chi connectivity index (χ3n) is 3.28. The lowest BCUT2D eigenvalue weighted by Crippen LogP contribution is -1.94. The first kappa shape index (κ1) is 13.8. The molecule has 1 heterocycles. The number of ether oxygens (including phenoxy) is 1. The third kappa shape index (κ3) is 2.67. The number of anilines is 2. The van der Waals surface area contributed by atoms with Crippen molar-refractivity contribution in [2.24, 2.45) is 0 Å². The molecular weight excluding hydrogens is 282 g/mol. The highest BCUT2D eigenvalue weighted by Crippen LogP contribution is 2.29. The molecule has 110 valence electrons. The minimum absolute atomic E-state index is 0.0363. The second-order valence-electron chi connectivity index (χ2n) is 4.67. The van der Waals surface area contributed by atoms with Crippen LogP contribution < -0.4 is 10.1 Å². The lowest BCUT2D eigenvalue weighted by atomic mass is 10.1. The summed E-state index contributed by atoms with van der Waals surface area (Å²) in [5, 5.41) is 14.9. The van der Waals surface area contributed by atoms with E-state index in [4.69, 9.17) is 4.74 Å². The number of fused-ring (bicyclic) bond motifs is 1. The molecular formula is C16H13N3O3. The number of pyridine rings is 1. The average Bonchev–Trinajstić information content (AvgIpc) is 2.55. The van der Waals surface area contributed by atoms with Crippen molar-refractivity contribution in [3.8, 4) is 5.75 Å². The topological polar surface area (TPSA) is 77.3 Å². The van der Waals surface area contributed by atoms with Gasteiger partial charge in [-0.2, -0.15) is 0 Å². The van der Waals surface area contributed by atoms with Gasteiger partial charge in [0.15, 0.2) is 0 Å². The lowest BCUT2D eigenvalue weighted by Gasteiger charge is -2.10. The number of non-ortho nitro benzene ring substituents is 1. The summed E-state index contributed by atoms with van der Waals surface area (Å²) < 4.78 is 5.19. The fraction of sp³-hybridized carbons (Fsp3) is 0.0625. The maximum absolute atomic E-state index is 10.9. The Balaban J connectivity index is 2.05. The van der Waals surface area contributed by atoms with Gasteiger partial charge in [0.1, 0.15) is 5.75 Å². The molecule has 0 spiro atoms. The Hall–Kier alpha value is -3.15. The summed E-state index contributed by atoms with van der Waals surface area (Å²) in [7, 11) is 1.60. The van der Waals surface area contributed by atoms with Crippen molar-refractivity contribution in [1.82, 2.24) is 4.98 Å². The molecule has 0 saturated heterocycles. The molecule has 1 N–H and O–H groups in total. The smallest absolute Gasteiger partial charge is 0.270 e. The standard InChI is InChI=1S/C16H13N3O3/c1-22-13-4-2-3-11(9-13)18-16-7-8-17-15-6-5-12(19(20)21)10-14(15)16/h2-10H,1H3,(H,17,18). The van der Waals surface area contributed by atoms with Crippen molar-refractivity contribution in [2.45, 2.75) is 0 Å². The second-order valence-corrected chi connectivity index (χ2v) is 4.67. The van der Waals surface area contributed by atoms with Gasteiger partial charge in [-0.3, -0.25) is 15.1 Å². The molecule has 0 radical (unpaired) electrons. The van der Waals surface area contributed by atoms with E-state index in [0.717, 1.165) is 17.1 Å². The van der Waals surface area contributed by atoms with Crippen LogP contribution in [-0.4, -0.2) is 17.0 Å². The Bertz CT molecular complexity index is 849. The minimum atomic E-state index is -0.415. The lowest BCUT2D eigenvalue weighted by molar-refractivity contribution is -0.384. The molecule has 6 nitrogen and oxygen atoms in total. The van der Waals surface area contributed by atoms with Gasteiger partial charge >= 0.3 is 0 Å². The van der Waals surface area contributed by atoms with Gasteiger partial charge in [-0.1, -0.05) is 6.07 Å². The van der Waals surface area contributed by atoms with Crippen LogP contribution >= 0.6 is 0 Å². The molecule has 3 aromatic rings. The van der Waals surface area contributed by atoms with Crippen LogP contribution in [0.5, 0.6) is 5.75 Å². The largest absolute Gasteiger partial charge is 0.497 e. The van der Waals surface area contributed by atoms with Gasteiger partial charge in [-0.15, -0.1) is 0 Å². The molecule has 0 aliphatic carbocycles. The number of hydrogen-bond donors (Lipinski definition) is 1. The Morgan fingerprint density at radius 3 is 2.82 bits per heavy atom. The van der Waals surface area contributed by atoms with E-state index in [2.05, 4.69) is 10.3 Å². The first-order chi connectivity index (χ1) is 10.7. The van der Waals surface area contributed by atoms with Gasteiger partial charge in [-0.05, 0) is 24.3 Å². The highest BCUT2D eigenvalue weighted by atomic mass is 16.6. The Kier molecular flexibility index (Phi) is 3.57. The summed E-state index contributed by atoms with van der Waals surface area (Å²) in [6, 6.07) is 13.9. The van der Waals surface area contributed by atoms with Crippen molar-refractivity contribution in [1.29, 1.82) is 0 Å². The number of hydrogen-bond acceptors (Lipinski definition) is 5. The molecule has 1 aromatic heterocycles. The van der Waals surface area contributed by atoms with E-state index in [9.17, 15) is 10.1 Å². The third-order valence-corrected chi connectivity index (χ3v) is 3.28. The average molecular weight is 295 g/mol. The fourth-order valence-electron chi connectivity index (χ4n) is 2.21. The van der Waals surface area contributed by atoms with Crippen LogP contribution in [0.1, 0.15) is 0 Å². The highest BCUT2D eigenvalue weighted by Gasteiger charge is 2.10. The summed E-state index contributed by atoms with van der Waals surface area (Å²) >= 11 is 0. The quantitative estimate of drug-likeness (QED) is 0.583. The normalized spacial score (nSPS) is 10.4. The van der Waals surface area contributed by atoms with E-state index >= 15 is 0 Å². The van der Waals surface area contributed by atoms with Gasteiger partial charge in [0, 0.05) is 41.2 Å². The second kappa shape index (κ2) is 5.69. The highest BCUT2D eigenvalue weighted by molar-refractivity contribution is 5.94. The summed E-state index contributed by atoms with van der Waals surface area (Å²) in [5.74, 6) is 0.731. The van der Waals surface area contributed by atoms with E-state index < -0.39 is 4.92 Å². The van der Waals surface area contributed by atoms with Crippen molar-refractivity contribution >= 4 is 28.0 Å². The summed E-state index contributed by atoms with van der Waals surface area (Å²) in [5.41, 5.74) is 2.31. The molecule has 0 atom stereocenters. The molecule has 0 fully saturated rings. The summed E-state index contributed by atoms with van der Waals surface area (Å²) in [4.78, 5) is 14.8. The van der Waals surface area contributed by atoms with E-state index in [1.807, 2.05) is 24.3 Å². The van der Waals surface area contributed by atoms with Crippen molar-refractivity contribution in [3.05, 3.63) is 64.8 Å². The van der Waals surface area contributed by atoms with Gasteiger partial charge < -0.3 is 10.1 Å². The predicted octanol–water partition coefficient (Wildman–Crippen LogP) is 3.90. The predicted molar refractivity (Wildman–Crippen MR) is 84.7 cm³/mol. The number of nitrogens with zero attached hydrogens (tertiary/aromatic N) is 2. The number of nitro benzene ring substituents is 1. The SMILES string of the molecule is COc1cccc(Nc2ccnc3ccc([N+](=O)[O-])cc23)c1. The Morgan fingerprint density at radius 2 is 2.05 bits per heavy atom. The van der Waals surface area contributed by atoms with Crippen LogP contribution in [0.25, 0.3) is 10.9 Å². The van der Waals surface area contributed by atoms with Crippen LogP contribution in [0.2, 0.25) is 0 Å². The number of rotatable bonds is 4. The molecule has 6 heteroatoms. The van der Waals surface area contributed by atoms with Crippen molar-refractivity contribution in [2.75, 3.05) is 12.4 Å². The molecule has 2 aromatic carbocycles. The van der Waals surface area contributed by atoms with Crippen LogP contribution in [0.4, 0.5) is 17.1 Å². The van der Waals surface area contributed by atoms with Crippen LogP contribution in [-0.2, 0) is 0 Å². The van der Waals surface area contributed by atoms with Crippen LogP contribution in [0.15, 0.2) is 54.7 Å². The van der Waals surface area contributed by atoms with Gasteiger partial charge in [0.05, 0.1) is 17.5 Å². The van der Waals surface area contributed by atoms with Gasteiger partial charge in [-0.25, -0.2) is 0 Å². The van der Waals surface area contributed by atoms with Crippen molar-refractivity contribution in [3.63, 3.8) is 0 Å².